The first kappa shape index (κ1) is 15.1. The molecular formula is C13H15ClN2O3S. The van der Waals surface area contributed by atoms with Gasteiger partial charge in [0, 0.05) is 17.5 Å². The van der Waals surface area contributed by atoms with Crippen LogP contribution in [0.15, 0.2) is 18.3 Å². The molecule has 2 heterocycles. The number of carboxylic acid groups (broad SMARTS) is 1. The number of rotatable bonds is 3. The van der Waals surface area contributed by atoms with Gasteiger partial charge in [-0.25, -0.2) is 9.78 Å². The van der Waals surface area contributed by atoms with Crippen LogP contribution >= 0.6 is 23.4 Å². The number of pyridine rings is 1. The van der Waals surface area contributed by atoms with Crippen LogP contribution in [0.3, 0.4) is 0 Å². The second-order valence-electron chi connectivity index (χ2n) is 4.90. The smallest absolute Gasteiger partial charge is 0.327 e. The molecule has 0 bridgehead atoms. The molecule has 20 heavy (non-hydrogen) atoms. The highest BCUT2D eigenvalue weighted by molar-refractivity contribution is 8.00. The molecule has 0 saturated carbocycles. The van der Waals surface area contributed by atoms with Crippen LogP contribution in [0, 0.1) is 5.92 Å². The minimum absolute atomic E-state index is 0.143. The van der Waals surface area contributed by atoms with E-state index in [4.69, 9.17) is 11.6 Å². The molecule has 5 nitrogen and oxygen atoms in total. The van der Waals surface area contributed by atoms with Gasteiger partial charge in [-0.2, -0.15) is 0 Å². The van der Waals surface area contributed by atoms with Crippen LogP contribution in [0.1, 0.15) is 24.2 Å². The van der Waals surface area contributed by atoms with E-state index >= 15 is 0 Å². The molecule has 7 heteroatoms. The molecule has 1 aromatic rings. The second-order valence-corrected chi connectivity index (χ2v) is 6.44. The lowest BCUT2D eigenvalue weighted by Gasteiger charge is -2.29. The summed E-state index contributed by atoms with van der Waals surface area (Å²) in [5, 5.41) is 9.36. The zero-order valence-electron chi connectivity index (χ0n) is 11.1. The molecule has 0 aliphatic carbocycles. The molecule has 1 aliphatic heterocycles. The number of halogens is 1. The van der Waals surface area contributed by atoms with E-state index in [2.05, 4.69) is 4.98 Å². The Morgan fingerprint density at radius 3 is 2.80 bits per heavy atom. The number of nitrogens with zero attached hydrogens (tertiary/aromatic N) is 2. The third kappa shape index (κ3) is 2.91. The van der Waals surface area contributed by atoms with Gasteiger partial charge in [-0.05, 0) is 18.1 Å². The van der Waals surface area contributed by atoms with E-state index in [1.54, 1.807) is 6.07 Å². The number of hydrogen-bond acceptors (Lipinski definition) is 4. The molecule has 1 saturated heterocycles. The van der Waals surface area contributed by atoms with Gasteiger partial charge in [0.25, 0.3) is 5.91 Å². The van der Waals surface area contributed by atoms with Gasteiger partial charge in [-0.3, -0.25) is 4.79 Å². The molecule has 2 unspecified atom stereocenters. The monoisotopic (exact) mass is 314 g/mol. The van der Waals surface area contributed by atoms with Gasteiger partial charge in [-0.1, -0.05) is 25.4 Å². The van der Waals surface area contributed by atoms with E-state index in [9.17, 15) is 14.7 Å². The highest BCUT2D eigenvalue weighted by Crippen LogP contribution is 2.35. The first-order valence-corrected chi connectivity index (χ1v) is 7.63. The van der Waals surface area contributed by atoms with Gasteiger partial charge in [0.2, 0.25) is 0 Å². The fraction of sp³-hybridized carbons (Fsp3) is 0.462. The number of thioether (sulfide) groups is 1. The van der Waals surface area contributed by atoms with E-state index in [0.717, 1.165) is 0 Å². The van der Waals surface area contributed by atoms with Crippen molar-refractivity contribution < 1.29 is 14.7 Å². The molecular weight excluding hydrogens is 300 g/mol. The average Bonchev–Trinajstić information content (AvgIpc) is 2.82. The summed E-state index contributed by atoms with van der Waals surface area (Å²) < 4.78 is 0. The Hall–Kier alpha value is -1.27. The molecule has 0 aromatic carbocycles. The van der Waals surface area contributed by atoms with E-state index in [-0.39, 0.29) is 22.4 Å². The van der Waals surface area contributed by atoms with Crippen LogP contribution in [-0.2, 0) is 4.79 Å². The Bertz CT molecular complexity index is 538. The topological polar surface area (TPSA) is 70.5 Å². The van der Waals surface area contributed by atoms with Crippen LogP contribution in [0.4, 0.5) is 0 Å². The highest BCUT2D eigenvalue weighted by atomic mass is 35.5. The lowest BCUT2D eigenvalue weighted by Crippen LogP contribution is -2.47. The Morgan fingerprint density at radius 1 is 1.55 bits per heavy atom. The van der Waals surface area contributed by atoms with E-state index in [0.29, 0.717) is 11.3 Å². The van der Waals surface area contributed by atoms with Gasteiger partial charge in [-0.15, -0.1) is 11.8 Å². The Labute approximate surface area is 126 Å². The fourth-order valence-corrected chi connectivity index (χ4v) is 3.82. The van der Waals surface area contributed by atoms with Crippen LogP contribution in [-0.4, -0.2) is 44.0 Å². The lowest BCUT2D eigenvalue weighted by molar-refractivity contribution is -0.141. The largest absolute Gasteiger partial charge is 0.480 e. The van der Waals surface area contributed by atoms with Crippen LogP contribution in [0.5, 0.6) is 0 Å². The highest BCUT2D eigenvalue weighted by Gasteiger charge is 2.43. The van der Waals surface area contributed by atoms with Crippen LogP contribution < -0.4 is 0 Å². The summed E-state index contributed by atoms with van der Waals surface area (Å²) in [6.45, 7) is 3.95. The van der Waals surface area contributed by atoms with Gasteiger partial charge < -0.3 is 10.0 Å². The molecule has 1 aromatic heterocycles. The molecule has 1 fully saturated rings. The number of aliphatic carboxylic acids is 1. The normalized spacial score (nSPS) is 22.3. The predicted octanol–water partition coefficient (Wildman–Crippen LogP) is 2.36. The van der Waals surface area contributed by atoms with Crippen molar-refractivity contribution in [1.29, 1.82) is 0 Å². The molecule has 108 valence electrons. The minimum atomic E-state index is -0.978. The lowest BCUT2D eigenvalue weighted by atomic mass is 10.1. The first-order chi connectivity index (χ1) is 9.41. The summed E-state index contributed by atoms with van der Waals surface area (Å²) in [7, 11) is 0. The SMILES string of the molecule is CC(C)C1SCC(C(=O)O)N1C(=O)c1ccnc(Cl)c1. The zero-order valence-corrected chi connectivity index (χ0v) is 12.7. The first-order valence-electron chi connectivity index (χ1n) is 6.20. The van der Waals surface area contributed by atoms with Gasteiger partial charge in [0.15, 0.2) is 0 Å². The number of aromatic nitrogens is 1. The summed E-state index contributed by atoms with van der Waals surface area (Å²) >= 11 is 7.29. The number of hydrogen-bond donors (Lipinski definition) is 1. The minimum Gasteiger partial charge on any atom is -0.480 e. The number of carboxylic acids is 1. The van der Waals surface area contributed by atoms with E-state index in [1.165, 1.54) is 28.9 Å². The number of amides is 1. The molecule has 0 spiro atoms. The molecule has 2 rings (SSSR count). The van der Waals surface area contributed by atoms with Crippen molar-refractivity contribution in [3.63, 3.8) is 0 Å². The second kappa shape index (κ2) is 6.01. The van der Waals surface area contributed by atoms with Crippen LogP contribution in [0.2, 0.25) is 5.15 Å². The fourth-order valence-electron chi connectivity index (χ4n) is 2.17. The van der Waals surface area contributed by atoms with Crippen molar-refractivity contribution in [1.82, 2.24) is 9.88 Å². The summed E-state index contributed by atoms with van der Waals surface area (Å²) in [6.07, 6.45) is 1.44. The maximum atomic E-state index is 12.6. The summed E-state index contributed by atoms with van der Waals surface area (Å²) in [4.78, 5) is 29.2. The quantitative estimate of drug-likeness (QED) is 0.867. The molecule has 0 radical (unpaired) electrons. The van der Waals surface area contributed by atoms with Gasteiger partial charge >= 0.3 is 5.97 Å². The number of carbonyl (C=O) groups is 2. The van der Waals surface area contributed by atoms with Crippen molar-refractivity contribution in [2.24, 2.45) is 5.92 Å². The van der Waals surface area contributed by atoms with Gasteiger partial charge in [0.05, 0.1) is 5.37 Å². The molecule has 1 amide bonds. The third-order valence-electron chi connectivity index (χ3n) is 3.10. The standard InChI is InChI=1S/C13H15ClN2O3S/c1-7(2)12-16(9(6-20-12)13(18)19)11(17)8-3-4-15-10(14)5-8/h3-5,7,9,12H,6H2,1-2H3,(H,18,19). The summed E-state index contributed by atoms with van der Waals surface area (Å²) in [5.41, 5.74) is 0.365. The molecule has 1 N–H and O–H groups in total. The van der Waals surface area contributed by atoms with Crippen LogP contribution in [0.25, 0.3) is 0 Å². The Kier molecular flexibility index (Phi) is 4.55. The summed E-state index contributed by atoms with van der Waals surface area (Å²) in [5.74, 6) is -0.715. The Balaban J connectivity index is 2.34. The van der Waals surface area contributed by atoms with Crippen molar-refractivity contribution in [3.8, 4) is 0 Å². The van der Waals surface area contributed by atoms with Crippen molar-refractivity contribution >= 4 is 35.2 Å². The average molecular weight is 315 g/mol. The molecule has 2 atom stereocenters. The number of carbonyl (C=O) groups excluding carboxylic acids is 1. The van der Waals surface area contributed by atoms with E-state index in [1.807, 2.05) is 13.8 Å². The summed E-state index contributed by atoms with van der Waals surface area (Å²) in [6, 6.07) is 2.21. The predicted molar refractivity (Wildman–Crippen MR) is 77.9 cm³/mol. The maximum Gasteiger partial charge on any atom is 0.327 e. The van der Waals surface area contributed by atoms with Crippen molar-refractivity contribution in [2.75, 3.05) is 5.75 Å². The maximum absolute atomic E-state index is 12.6. The van der Waals surface area contributed by atoms with Gasteiger partial charge in [0.1, 0.15) is 11.2 Å². The molecule has 1 aliphatic rings. The zero-order chi connectivity index (χ0) is 14.9. The Morgan fingerprint density at radius 2 is 2.25 bits per heavy atom. The van der Waals surface area contributed by atoms with Crippen molar-refractivity contribution in [3.05, 3.63) is 29.0 Å². The van der Waals surface area contributed by atoms with E-state index < -0.39 is 12.0 Å². The third-order valence-corrected chi connectivity index (χ3v) is 4.93. The van der Waals surface area contributed by atoms with Crippen molar-refractivity contribution in [2.45, 2.75) is 25.3 Å².